The molecule has 3 aromatic rings. The summed E-state index contributed by atoms with van der Waals surface area (Å²) < 4.78 is 38.1. The summed E-state index contributed by atoms with van der Waals surface area (Å²) in [6.45, 7) is 1.82. The minimum Gasteiger partial charge on any atom is -0.496 e. The fraction of sp³-hybridized carbons (Fsp3) is 0.222. The van der Waals surface area contributed by atoms with E-state index in [1.807, 2.05) is 12.1 Å². The molecule has 0 atom stereocenters. The predicted molar refractivity (Wildman–Crippen MR) is 101 cm³/mol. The number of benzene rings is 2. The Kier molecular flexibility index (Phi) is 5.79. The van der Waals surface area contributed by atoms with Crippen molar-refractivity contribution in [3.63, 3.8) is 0 Å². The Labute approximate surface area is 162 Å². The van der Waals surface area contributed by atoms with Crippen LogP contribution in [0.4, 0.5) is 0 Å². The molecular formula is C18H18ClN3O4S. The molecule has 0 fully saturated rings. The lowest BCUT2D eigenvalue weighted by molar-refractivity contribution is 0.387. The highest BCUT2D eigenvalue weighted by Crippen LogP contribution is 2.36. The monoisotopic (exact) mass is 407 g/mol. The van der Waals surface area contributed by atoms with E-state index in [0.717, 1.165) is 0 Å². The molecule has 1 N–H and O–H groups in total. The number of aromatic nitrogens is 2. The van der Waals surface area contributed by atoms with Gasteiger partial charge in [-0.1, -0.05) is 35.0 Å². The number of rotatable bonds is 7. The van der Waals surface area contributed by atoms with Crippen LogP contribution in [-0.2, 0) is 16.4 Å². The third kappa shape index (κ3) is 4.47. The van der Waals surface area contributed by atoms with Gasteiger partial charge < -0.3 is 9.26 Å². The molecule has 0 bridgehead atoms. The van der Waals surface area contributed by atoms with E-state index in [2.05, 4.69) is 14.9 Å². The molecule has 0 saturated heterocycles. The third-order valence-corrected chi connectivity index (χ3v) is 5.64. The fourth-order valence-electron chi connectivity index (χ4n) is 2.57. The average Bonchev–Trinajstić information content (AvgIpc) is 3.06. The molecule has 2 aromatic carbocycles. The summed E-state index contributed by atoms with van der Waals surface area (Å²) in [5.74, 6) is 1.42. The number of hydrogen-bond acceptors (Lipinski definition) is 6. The Bertz CT molecular complexity index is 1050. The van der Waals surface area contributed by atoms with Gasteiger partial charge in [0.2, 0.25) is 15.9 Å². The predicted octanol–water partition coefficient (Wildman–Crippen LogP) is 3.23. The van der Waals surface area contributed by atoms with Crippen molar-refractivity contribution in [1.29, 1.82) is 0 Å². The molecule has 1 heterocycles. The first-order valence-corrected chi connectivity index (χ1v) is 9.98. The molecule has 1 aromatic heterocycles. The Hall–Kier alpha value is -2.42. The molecule has 0 amide bonds. The Morgan fingerprint density at radius 1 is 1.19 bits per heavy atom. The van der Waals surface area contributed by atoms with Gasteiger partial charge in [0.15, 0.2) is 5.82 Å². The second-order valence-electron chi connectivity index (χ2n) is 5.72. The van der Waals surface area contributed by atoms with Crippen molar-refractivity contribution >= 4 is 21.6 Å². The van der Waals surface area contributed by atoms with Gasteiger partial charge in [0.1, 0.15) is 5.75 Å². The molecule has 27 heavy (non-hydrogen) atoms. The maximum absolute atomic E-state index is 12.6. The van der Waals surface area contributed by atoms with Crippen LogP contribution in [0.3, 0.4) is 0 Å². The number of nitrogens with one attached hydrogen (secondary N) is 1. The minimum absolute atomic E-state index is 0.113. The molecule has 0 radical (unpaired) electrons. The first kappa shape index (κ1) is 19.3. The van der Waals surface area contributed by atoms with Gasteiger partial charge in [0, 0.05) is 36.0 Å². The number of methoxy groups -OCH3 is 1. The van der Waals surface area contributed by atoms with E-state index in [1.54, 1.807) is 31.2 Å². The van der Waals surface area contributed by atoms with E-state index in [-0.39, 0.29) is 11.4 Å². The Morgan fingerprint density at radius 3 is 2.63 bits per heavy atom. The summed E-state index contributed by atoms with van der Waals surface area (Å²) in [7, 11) is -2.20. The van der Waals surface area contributed by atoms with Crippen LogP contribution in [0.25, 0.3) is 11.1 Å². The highest BCUT2D eigenvalue weighted by atomic mass is 35.5. The third-order valence-electron chi connectivity index (χ3n) is 3.86. The fourth-order valence-corrected chi connectivity index (χ4v) is 3.86. The van der Waals surface area contributed by atoms with Crippen LogP contribution < -0.4 is 9.46 Å². The molecule has 0 unspecified atom stereocenters. The number of sulfonamides is 1. The SMILES string of the molecule is COc1ccc(S(=O)(=O)NCCc2noc(C)n2)cc1-c1ccccc1Cl. The van der Waals surface area contributed by atoms with Crippen molar-refractivity contribution in [3.05, 3.63) is 59.2 Å². The highest BCUT2D eigenvalue weighted by molar-refractivity contribution is 7.89. The van der Waals surface area contributed by atoms with Gasteiger partial charge in [-0.3, -0.25) is 0 Å². The van der Waals surface area contributed by atoms with E-state index in [9.17, 15) is 8.42 Å². The summed E-state index contributed by atoms with van der Waals surface area (Å²) >= 11 is 6.26. The largest absolute Gasteiger partial charge is 0.496 e. The van der Waals surface area contributed by atoms with Crippen molar-refractivity contribution in [2.24, 2.45) is 0 Å². The summed E-state index contributed by atoms with van der Waals surface area (Å²) in [6, 6.07) is 11.8. The van der Waals surface area contributed by atoms with Crippen LogP contribution in [0.5, 0.6) is 5.75 Å². The van der Waals surface area contributed by atoms with E-state index in [1.165, 1.54) is 13.2 Å². The van der Waals surface area contributed by atoms with Crippen LogP contribution in [0.2, 0.25) is 5.02 Å². The number of nitrogens with zero attached hydrogens (tertiary/aromatic N) is 2. The van der Waals surface area contributed by atoms with E-state index in [0.29, 0.717) is 40.0 Å². The lowest BCUT2D eigenvalue weighted by atomic mass is 10.0. The smallest absolute Gasteiger partial charge is 0.240 e. The first-order chi connectivity index (χ1) is 12.9. The zero-order chi connectivity index (χ0) is 19.4. The molecular weight excluding hydrogens is 390 g/mol. The zero-order valence-electron chi connectivity index (χ0n) is 14.8. The van der Waals surface area contributed by atoms with Gasteiger partial charge in [-0.25, -0.2) is 13.1 Å². The van der Waals surface area contributed by atoms with Crippen LogP contribution in [0, 0.1) is 6.92 Å². The zero-order valence-corrected chi connectivity index (χ0v) is 16.3. The van der Waals surface area contributed by atoms with Gasteiger partial charge >= 0.3 is 0 Å². The average molecular weight is 408 g/mol. The Morgan fingerprint density at radius 2 is 1.96 bits per heavy atom. The van der Waals surface area contributed by atoms with Gasteiger partial charge in [0.05, 0.1) is 12.0 Å². The van der Waals surface area contributed by atoms with E-state index < -0.39 is 10.0 Å². The van der Waals surface area contributed by atoms with Gasteiger partial charge in [-0.2, -0.15) is 4.98 Å². The minimum atomic E-state index is -3.73. The molecule has 0 aliphatic rings. The second-order valence-corrected chi connectivity index (χ2v) is 7.89. The molecule has 3 rings (SSSR count). The lowest BCUT2D eigenvalue weighted by Gasteiger charge is -2.13. The summed E-state index contributed by atoms with van der Waals surface area (Å²) in [4.78, 5) is 4.16. The van der Waals surface area contributed by atoms with Crippen molar-refractivity contribution in [2.75, 3.05) is 13.7 Å². The topological polar surface area (TPSA) is 94.3 Å². The lowest BCUT2D eigenvalue weighted by Crippen LogP contribution is -2.26. The summed E-state index contributed by atoms with van der Waals surface area (Å²) in [5, 5.41) is 4.25. The quantitative estimate of drug-likeness (QED) is 0.646. The maximum atomic E-state index is 12.6. The van der Waals surface area contributed by atoms with Crippen LogP contribution in [-0.4, -0.2) is 32.2 Å². The summed E-state index contributed by atoms with van der Waals surface area (Å²) in [5.41, 5.74) is 1.29. The van der Waals surface area contributed by atoms with Gasteiger partial charge in [0.25, 0.3) is 0 Å². The van der Waals surface area contributed by atoms with E-state index >= 15 is 0 Å². The van der Waals surface area contributed by atoms with Crippen molar-refractivity contribution in [2.45, 2.75) is 18.2 Å². The molecule has 9 heteroatoms. The number of aryl methyl sites for hydroxylation is 1. The number of hydrogen-bond donors (Lipinski definition) is 1. The number of halogens is 1. The normalized spacial score (nSPS) is 11.5. The molecule has 0 spiro atoms. The van der Waals surface area contributed by atoms with Crippen LogP contribution >= 0.6 is 11.6 Å². The van der Waals surface area contributed by atoms with Crippen molar-refractivity contribution < 1.29 is 17.7 Å². The highest BCUT2D eigenvalue weighted by Gasteiger charge is 2.18. The molecule has 0 aliphatic carbocycles. The number of ether oxygens (including phenoxy) is 1. The van der Waals surface area contributed by atoms with Gasteiger partial charge in [-0.15, -0.1) is 0 Å². The second kappa shape index (κ2) is 8.08. The van der Waals surface area contributed by atoms with Crippen LogP contribution in [0.15, 0.2) is 51.9 Å². The summed E-state index contributed by atoms with van der Waals surface area (Å²) in [6.07, 6.45) is 0.324. The van der Waals surface area contributed by atoms with E-state index in [4.69, 9.17) is 20.9 Å². The first-order valence-electron chi connectivity index (χ1n) is 8.12. The molecule has 142 valence electrons. The molecule has 0 saturated carbocycles. The Balaban J connectivity index is 1.85. The van der Waals surface area contributed by atoms with Crippen molar-refractivity contribution in [3.8, 4) is 16.9 Å². The van der Waals surface area contributed by atoms with Gasteiger partial charge in [-0.05, 0) is 24.3 Å². The molecule has 7 nitrogen and oxygen atoms in total. The van der Waals surface area contributed by atoms with Crippen LogP contribution in [0.1, 0.15) is 11.7 Å². The van der Waals surface area contributed by atoms with Crippen molar-refractivity contribution in [1.82, 2.24) is 14.9 Å². The standard InChI is InChI=1S/C18H18ClN3O4S/c1-12-21-18(22-26-12)9-10-20-27(23,24)13-7-8-17(25-2)15(11-13)14-5-3-4-6-16(14)19/h3-8,11,20H,9-10H2,1-2H3. The maximum Gasteiger partial charge on any atom is 0.240 e. The molecule has 0 aliphatic heterocycles.